The molecule has 9 nitrogen and oxygen atoms in total. The van der Waals surface area contributed by atoms with Crippen LogP contribution < -0.4 is 10.0 Å². The number of sulfonamides is 1. The van der Waals surface area contributed by atoms with Crippen LogP contribution in [0.5, 0.6) is 0 Å². The summed E-state index contributed by atoms with van der Waals surface area (Å²) in [5.74, 6) is -0.473. The van der Waals surface area contributed by atoms with Crippen LogP contribution in [-0.2, 0) is 27.9 Å². The number of nitrogens with one attached hydrogen (secondary N) is 2. The second-order valence-corrected chi connectivity index (χ2v) is 11.2. The van der Waals surface area contributed by atoms with Gasteiger partial charge in [0.2, 0.25) is 15.4 Å². The van der Waals surface area contributed by atoms with E-state index in [1.165, 1.54) is 18.2 Å². The number of hydrogen-bond donors (Lipinski definition) is 2. The Bertz CT molecular complexity index is 1350. The lowest BCUT2D eigenvalue weighted by Crippen LogP contribution is -2.27. The Labute approximate surface area is 210 Å². The Morgan fingerprint density at radius 1 is 1.12 bits per heavy atom. The van der Waals surface area contributed by atoms with Crippen LogP contribution in [0.1, 0.15) is 34.3 Å². The molecule has 0 saturated carbocycles. The van der Waals surface area contributed by atoms with Crippen molar-refractivity contribution in [3.05, 3.63) is 69.2 Å². The van der Waals surface area contributed by atoms with Crippen molar-refractivity contribution >= 4 is 61.5 Å². The van der Waals surface area contributed by atoms with E-state index in [0.717, 1.165) is 17.5 Å². The molecule has 1 saturated heterocycles. The highest BCUT2D eigenvalue weighted by atomic mass is 35.5. The zero-order valence-electron chi connectivity index (χ0n) is 17.6. The number of nitrogens with zero attached hydrogens (tertiary/aromatic N) is 3. The fraction of sp³-hybridized carbons (Fsp3) is 0.238. The second kappa shape index (κ2) is 10.4. The number of hydrogen-bond acceptors (Lipinski definition) is 7. The summed E-state index contributed by atoms with van der Waals surface area (Å²) in [7, 11) is -3.99. The van der Waals surface area contributed by atoms with Gasteiger partial charge < -0.3 is 4.90 Å². The van der Waals surface area contributed by atoms with E-state index in [1.54, 1.807) is 17.0 Å². The van der Waals surface area contributed by atoms with Crippen LogP contribution in [0.25, 0.3) is 0 Å². The maximum Gasteiger partial charge on any atom is 0.270 e. The maximum absolute atomic E-state index is 12.8. The standard InChI is InChI=1S/C21H19Cl2N5O4S2/c22-15-7-8-16(17(23)10-15)19(30)25-20-26-27-21(33-20)34(31,32)24-11-13-4-1-2-5-14(13)12-28-9-3-6-18(28)29/h1-2,4-5,7-8,10,24H,3,6,9,11-12H2,(H,25,26,30). The van der Waals surface area contributed by atoms with Gasteiger partial charge in [-0.15, -0.1) is 10.2 Å². The Morgan fingerprint density at radius 3 is 2.59 bits per heavy atom. The number of amides is 2. The van der Waals surface area contributed by atoms with Crippen molar-refractivity contribution < 1.29 is 18.0 Å². The van der Waals surface area contributed by atoms with Crippen LogP contribution in [0.3, 0.4) is 0 Å². The molecule has 0 radical (unpaired) electrons. The highest BCUT2D eigenvalue weighted by molar-refractivity contribution is 7.91. The number of halogens is 2. The van der Waals surface area contributed by atoms with Gasteiger partial charge in [-0.1, -0.05) is 58.8 Å². The number of rotatable bonds is 8. The first-order valence-corrected chi connectivity index (χ1v) is 13.2. The molecule has 2 N–H and O–H groups in total. The molecule has 3 aromatic rings. The summed E-state index contributed by atoms with van der Waals surface area (Å²) in [6.07, 6.45) is 1.36. The van der Waals surface area contributed by atoms with Crippen LogP contribution in [-0.4, -0.2) is 41.9 Å². The maximum atomic E-state index is 12.8. The van der Waals surface area contributed by atoms with E-state index >= 15 is 0 Å². The minimum atomic E-state index is -3.99. The van der Waals surface area contributed by atoms with E-state index in [-0.39, 0.29) is 32.5 Å². The first-order chi connectivity index (χ1) is 16.2. The number of benzene rings is 2. The molecule has 2 aromatic carbocycles. The third-order valence-corrected chi connectivity index (χ3v) is 8.29. The summed E-state index contributed by atoms with van der Waals surface area (Å²) in [5.41, 5.74) is 1.78. The molecule has 1 aromatic heterocycles. The van der Waals surface area contributed by atoms with Crippen molar-refractivity contribution in [1.82, 2.24) is 19.8 Å². The van der Waals surface area contributed by atoms with Gasteiger partial charge >= 0.3 is 0 Å². The monoisotopic (exact) mass is 539 g/mol. The van der Waals surface area contributed by atoms with Crippen molar-refractivity contribution in [3.63, 3.8) is 0 Å². The third-order valence-electron chi connectivity index (χ3n) is 5.14. The Hall–Kier alpha value is -2.57. The molecule has 1 aliphatic rings. The summed E-state index contributed by atoms with van der Waals surface area (Å²) in [6.45, 7) is 1.14. The quantitative estimate of drug-likeness (QED) is 0.421. The first-order valence-electron chi connectivity index (χ1n) is 10.2. The fourth-order valence-corrected chi connectivity index (χ4v) is 5.84. The zero-order valence-corrected chi connectivity index (χ0v) is 20.8. The zero-order chi connectivity index (χ0) is 24.3. The van der Waals surface area contributed by atoms with Gasteiger partial charge in [-0.3, -0.25) is 14.9 Å². The SMILES string of the molecule is O=C(Nc1nnc(S(=O)(=O)NCc2ccccc2CN2CCCC2=O)s1)c1ccc(Cl)cc1Cl. The van der Waals surface area contributed by atoms with Crippen LogP contribution in [0.2, 0.25) is 10.0 Å². The number of carbonyl (C=O) groups excluding carboxylic acids is 2. The van der Waals surface area contributed by atoms with Gasteiger partial charge in [0, 0.05) is 31.1 Å². The Kier molecular flexibility index (Phi) is 7.48. The molecule has 2 heterocycles. The molecular formula is C21H19Cl2N5O4S2. The number of likely N-dealkylation sites (tertiary alicyclic amines) is 1. The van der Waals surface area contributed by atoms with E-state index < -0.39 is 15.9 Å². The average Bonchev–Trinajstić information content (AvgIpc) is 3.43. The number of aromatic nitrogens is 2. The minimum absolute atomic E-state index is 0.00402. The van der Waals surface area contributed by atoms with E-state index in [0.29, 0.717) is 35.9 Å². The van der Waals surface area contributed by atoms with Crippen LogP contribution in [0.4, 0.5) is 5.13 Å². The van der Waals surface area contributed by atoms with E-state index in [9.17, 15) is 18.0 Å². The summed E-state index contributed by atoms with van der Waals surface area (Å²) in [6, 6.07) is 11.7. The van der Waals surface area contributed by atoms with E-state index in [2.05, 4.69) is 20.2 Å². The van der Waals surface area contributed by atoms with Crippen molar-refractivity contribution in [2.24, 2.45) is 0 Å². The van der Waals surface area contributed by atoms with Gasteiger partial charge in [-0.05, 0) is 35.7 Å². The molecule has 34 heavy (non-hydrogen) atoms. The lowest BCUT2D eigenvalue weighted by molar-refractivity contribution is -0.128. The second-order valence-electron chi connectivity index (χ2n) is 7.46. The normalized spacial score (nSPS) is 13.9. The number of carbonyl (C=O) groups is 2. The molecule has 4 rings (SSSR count). The topological polar surface area (TPSA) is 121 Å². The van der Waals surface area contributed by atoms with Gasteiger partial charge in [0.25, 0.3) is 15.9 Å². The lowest BCUT2D eigenvalue weighted by atomic mass is 10.1. The summed E-state index contributed by atoms with van der Waals surface area (Å²) in [4.78, 5) is 26.1. The molecule has 0 bridgehead atoms. The largest absolute Gasteiger partial charge is 0.338 e. The molecule has 2 amide bonds. The molecule has 0 spiro atoms. The Morgan fingerprint density at radius 2 is 1.88 bits per heavy atom. The van der Waals surface area contributed by atoms with Crippen molar-refractivity contribution in [3.8, 4) is 0 Å². The average molecular weight is 540 g/mol. The van der Waals surface area contributed by atoms with Crippen LogP contribution in [0, 0.1) is 0 Å². The molecule has 0 aliphatic carbocycles. The van der Waals surface area contributed by atoms with Gasteiger partial charge in [0.05, 0.1) is 10.6 Å². The van der Waals surface area contributed by atoms with Crippen molar-refractivity contribution in [2.45, 2.75) is 30.3 Å². The smallest absolute Gasteiger partial charge is 0.270 e. The summed E-state index contributed by atoms with van der Waals surface area (Å²) >= 11 is 12.6. The third kappa shape index (κ3) is 5.73. The van der Waals surface area contributed by atoms with Crippen molar-refractivity contribution in [1.29, 1.82) is 0 Å². The van der Waals surface area contributed by atoms with Gasteiger partial charge in [-0.25, -0.2) is 13.1 Å². The molecule has 13 heteroatoms. The highest BCUT2D eigenvalue weighted by Crippen LogP contribution is 2.25. The molecule has 178 valence electrons. The minimum Gasteiger partial charge on any atom is -0.338 e. The highest BCUT2D eigenvalue weighted by Gasteiger charge is 2.24. The van der Waals surface area contributed by atoms with Crippen LogP contribution >= 0.6 is 34.5 Å². The fourth-order valence-electron chi connectivity index (χ4n) is 3.40. The van der Waals surface area contributed by atoms with E-state index in [1.807, 2.05) is 12.1 Å². The van der Waals surface area contributed by atoms with Gasteiger partial charge in [0.15, 0.2) is 0 Å². The summed E-state index contributed by atoms with van der Waals surface area (Å²) in [5, 5.41) is 10.5. The Balaban J connectivity index is 1.42. The number of anilines is 1. The van der Waals surface area contributed by atoms with Crippen LogP contribution in [0.15, 0.2) is 46.8 Å². The van der Waals surface area contributed by atoms with E-state index in [4.69, 9.17) is 23.2 Å². The summed E-state index contributed by atoms with van der Waals surface area (Å²) < 4.78 is 27.7. The molecule has 1 aliphatic heterocycles. The molecule has 0 unspecified atom stereocenters. The molecular weight excluding hydrogens is 521 g/mol. The molecule has 1 fully saturated rings. The lowest BCUT2D eigenvalue weighted by Gasteiger charge is -2.18. The first kappa shape index (κ1) is 24.6. The predicted molar refractivity (Wildman–Crippen MR) is 129 cm³/mol. The van der Waals surface area contributed by atoms with Gasteiger partial charge in [0.1, 0.15) is 0 Å². The van der Waals surface area contributed by atoms with Gasteiger partial charge in [-0.2, -0.15) is 0 Å². The predicted octanol–water partition coefficient (Wildman–Crippen LogP) is 3.70. The molecule has 0 atom stereocenters. The van der Waals surface area contributed by atoms with Crippen molar-refractivity contribution in [2.75, 3.05) is 11.9 Å².